The van der Waals surface area contributed by atoms with Crippen molar-refractivity contribution in [3.63, 3.8) is 0 Å². The highest BCUT2D eigenvalue weighted by Gasteiger charge is 2.17. The molecule has 0 atom stereocenters. The molecule has 21 heavy (non-hydrogen) atoms. The Balaban J connectivity index is 1.96. The number of pyridine rings is 1. The summed E-state index contributed by atoms with van der Waals surface area (Å²) < 4.78 is 26.8. The summed E-state index contributed by atoms with van der Waals surface area (Å²) in [6.07, 6.45) is 3.94. The molecule has 0 saturated heterocycles. The summed E-state index contributed by atoms with van der Waals surface area (Å²) in [6.45, 7) is 0.701. The summed E-state index contributed by atoms with van der Waals surface area (Å²) in [5, 5.41) is 7.26. The van der Waals surface area contributed by atoms with E-state index in [0.717, 1.165) is 12.1 Å². The molecule has 7 nitrogen and oxygen atoms in total. The van der Waals surface area contributed by atoms with Gasteiger partial charge in [-0.3, -0.25) is 4.68 Å². The van der Waals surface area contributed by atoms with E-state index in [1.165, 1.54) is 24.6 Å². The Morgan fingerprint density at radius 2 is 2.05 bits per heavy atom. The number of sulfonamides is 1. The number of aromatic nitrogens is 3. The molecule has 2 aromatic heterocycles. The molecule has 0 saturated carbocycles. The number of nitrogens with one attached hydrogen (secondary N) is 1. The van der Waals surface area contributed by atoms with Gasteiger partial charge in [-0.2, -0.15) is 5.10 Å². The van der Waals surface area contributed by atoms with E-state index in [0.29, 0.717) is 12.4 Å². The van der Waals surface area contributed by atoms with Gasteiger partial charge in [0.1, 0.15) is 10.7 Å². The molecule has 1 N–H and O–H groups in total. The van der Waals surface area contributed by atoms with Crippen LogP contribution in [0.1, 0.15) is 5.69 Å². The Morgan fingerprint density at radius 3 is 2.57 bits per heavy atom. The second-order valence-electron chi connectivity index (χ2n) is 4.79. The zero-order valence-corrected chi connectivity index (χ0v) is 13.1. The van der Waals surface area contributed by atoms with E-state index in [1.54, 1.807) is 18.3 Å². The van der Waals surface area contributed by atoms with E-state index < -0.39 is 10.0 Å². The average molecular weight is 309 g/mol. The molecule has 0 aliphatic heterocycles. The molecule has 8 heteroatoms. The van der Waals surface area contributed by atoms with Crippen LogP contribution in [0.4, 0.5) is 5.82 Å². The molecule has 0 spiro atoms. The molecule has 0 aliphatic rings. The number of nitrogens with zero attached hydrogens (tertiary/aromatic N) is 4. The van der Waals surface area contributed by atoms with Gasteiger partial charge in [0, 0.05) is 52.2 Å². The van der Waals surface area contributed by atoms with Crippen LogP contribution in [0.2, 0.25) is 0 Å². The van der Waals surface area contributed by atoms with Crippen LogP contribution < -0.4 is 5.32 Å². The van der Waals surface area contributed by atoms with Crippen molar-refractivity contribution in [3.05, 3.63) is 36.3 Å². The van der Waals surface area contributed by atoms with Crippen molar-refractivity contribution in [2.24, 2.45) is 7.05 Å². The van der Waals surface area contributed by atoms with E-state index >= 15 is 0 Å². The number of anilines is 1. The predicted octanol–water partition coefficient (Wildman–Crippen LogP) is 0.720. The molecule has 0 radical (unpaired) electrons. The lowest BCUT2D eigenvalue weighted by Gasteiger charge is -2.11. The number of hydrogen-bond donors (Lipinski definition) is 1. The van der Waals surface area contributed by atoms with Crippen LogP contribution in [0.5, 0.6) is 0 Å². The highest BCUT2D eigenvalue weighted by molar-refractivity contribution is 7.89. The summed E-state index contributed by atoms with van der Waals surface area (Å²) in [4.78, 5) is 4.31. The second kappa shape index (κ2) is 6.23. The van der Waals surface area contributed by atoms with Crippen LogP contribution in [0, 0.1) is 0 Å². The molecule has 2 rings (SSSR count). The first-order valence-electron chi connectivity index (χ1n) is 6.50. The van der Waals surface area contributed by atoms with E-state index in [1.807, 2.05) is 17.8 Å². The lowest BCUT2D eigenvalue weighted by molar-refractivity contribution is 0.520. The van der Waals surface area contributed by atoms with Crippen LogP contribution in [-0.2, 0) is 23.5 Å². The minimum atomic E-state index is -3.42. The Hall–Kier alpha value is -1.93. The van der Waals surface area contributed by atoms with Gasteiger partial charge in [-0.05, 0) is 18.2 Å². The fourth-order valence-corrected chi connectivity index (χ4v) is 2.66. The summed E-state index contributed by atoms with van der Waals surface area (Å²) in [5.74, 6) is 0.648. The average Bonchev–Trinajstić information content (AvgIpc) is 2.85. The Kier molecular flexibility index (Phi) is 4.59. The van der Waals surface area contributed by atoms with E-state index in [4.69, 9.17) is 0 Å². The first-order chi connectivity index (χ1) is 9.91. The van der Waals surface area contributed by atoms with E-state index in [2.05, 4.69) is 15.4 Å². The van der Waals surface area contributed by atoms with Crippen molar-refractivity contribution in [1.82, 2.24) is 19.1 Å². The van der Waals surface area contributed by atoms with Gasteiger partial charge in [0.15, 0.2) is 0 Å². The number of hydrogen-bond acceptors (Lipinski definition) is 5. The Bertz CT molecular complexity index is 692. The van der Waals surface area contributed by atoms with Gasteiger partial charge in [-0.1, -0.05) is 0 Å². The molecule has 0 unspecified atom stereocenters. The molecule has 0 amide bonds. The van der Waals surface area contributed by atoms with Gasteiger partial charge >= 0.3 is 0 Å². The van der Waals surface area contributed by atoms with Gasteiger partial charge in [0.05, 0.1) is 0 Å². The summed E-state index contributed by atoms with van der Waals surface area (Å²) in [5.41, 5.74) is 1.12. The molecule has 0 aromatic carbocycles. The molecule has 0 fully saturated rings. The topological polar surface area (TPSA) is 80.1 Å². The van der Waals surface area contributed by atoms with Gasteiger partial charge in [0.2, 0.25) is 10.0 Å². The molecule has 0 aliphatic carbocycles. The molecule has 114 valence electrons. The van der Waals surface area contributed by atoms with Gasteiger partial charge < -0.3 is 5.32 Å². The number of rotatable bonds is 6. The maximum Gasteiger partial charge on any atom is 0.244 e. The SMILES string of the molecule is CN(C)S(=O)(=O)c1ccc(NCCc2ccnn2C)nc1. The fraction of sp³-hybridized carbons (Fsp3) is 0.385. The lowest BCUT2D eigenvalue weighted by Crippen LogP contribution is -2.22. The zero-order valence-electron chi connectivity index (χ0n) is 12.3. The van der Waals surface area contributed by atoms with E-state index in [9.17, 15) is 8.42 Å². The Labute approximate surface area is 124 Å². The zero-order chi connectivity index (χ0) is 15.5. The summed E-state index contributed by atoms with van der Waals surface area (Å²) in [7, 11) is 1.46. The van der Waals surface area contributed by atoms with Crippen LogP contribution in [-0.4, -0.2) is 48.1 Å². The maximum atomic E-state index is 11.9. The standard InChI is InChI=1S/C13H19N5O2S/c1-17(2)21(19,20)12-4-5-13(15-10-12)14-8-6-11-7-9-16-18(11)3/h4-5,7,9-10H,6,8H2,1-3H3,(H,14,15). The monoisotopic (exact) mass is 309 g/mol. The largest absolute Gasteiger partial charge is 0.370 e. The van der Waals surface area contributed by atoms with E-state index in [-0.39, 0.29) is 4.90 Å². The van der Waals surface area contributed by atoms with Crippen molar-refractivity contribution in [2.45, 2.75) is 11.3 Å². The lowest BCUT2D eigenvalue weighted by atomic mass is 10.3. The van der Waals surface area contributed by atoms with Crippen LogP contribution in [0.3, 0.4) is 0 Å². The molecular weight excluding hydrogens is 290 g/mol. The van der Waals surface area contributed by atoms with Crippen molar-refractivity contribution >= 4 is 15.8 Å². The van der Waals surface area contributed by atoms with Crippen LogP contribution in [0.25, 0.3) is 0 Å². The van der Waals surface area contributed by atoms with Gasteiger partial charge in [0.25, 0.3) is 0 Å². The summed E-state index contributed by atoms with van der Waals surface area (Å²) >= 11 is 0. The van der Waals surface area contributed by atoms with Gasteiger partial charge in [-0.15, -0.1) is 0 Å². The maximum absolute atomic E-state index is 11.9. The minimum absolute atomic E-state index is 0.185. The minimum Gasteiger partial charge on any atom is -0.370 e. The fourth-order valence-electron chi connectivity index (χ4n) is 1.81. The highest BCUT2D eigenvalue weighted by Crippen LogP contribution is 2.13. The number of aryl methyl sites for hydroxylation is 1. The quantitative estimate of drug-likeness (QED) is 0.850. The predicted molar refractivity (Wildman–Crippen MR) is 80.5 cm³/mol. The first-order valence-corrected chi connectivity index (χ1v) is 7.94. The molecular formula is C13H19N5O2S. The molecule has 2 heterocycles. The van der Waals surface area contributed by atoms with Crippen molar-refractivity contribution in [3.8, 4) is 0 Å². The van der Waals surface area contributed by atoms with Crippen LogP contribution >= 0.6 is 0 Å². The smallest absolute Gasteiger partial charge is 0.244 e. The third kappa shape index (κ3) is 3.59. The summed E-state index contributed by atoms with van der Waals surface area (Å²) in [6, 6.07) is 5.18. The van der Waals surface area contributed by atoms with Crippen molar-refractivity contribution in [2.75, 3.05) is 26.0 Å². The Morgan fingerprint density at radius 1 is 1.29 bits per heavy atom. The first kappa shape index (κ1) is 15.5. The van der Waals surface area contributed by atoms with Crippen LogP contribution in [0.15, 0.2) is 35.5 Å². The third-order valence-electron chi connectivity index (χ3n) is 3.12. The highest BCUT2D eigenvalue weighted by atomic mass is 32.2. The normalized spacial score (nSPS) is 11.8. The second-order valence-corrected chi connectivity index (χ2v) is 6.94. The van der Waals surface area contributed by atoms with Gasteiger partial charge in [-0.25, -0.2) is 17.7 Å². The van der Waals surface area contributed by atoms with Crippen molar-refractivity contribution in [1.29, 1.82) is 0 Å². The molecule has 0 bridgehead atoms. The third-order valence-corrected chi connectivity index (χ3v) is 4.92. The van der Waals surface area contributed by atoms with Crippen molar-refractivity contribution < 1.29 is 8.42 Å². The molecule has 2 aromatic rings.